The van der Waals surface area contributed by atoms with Crippen LogP contribution in [0.2, 0.25) is 0 Å². The Morgan fingerprint density at radius 1 is 1.21 bits per heavy atom. The first kappa shape index (κ1) is 21.5. The van der Waals surface area contributed by atoms with E-state index in [9.17, 15) is 23.7 Å². The predicted molar refractivity (Wildman–Crippen MR) is 116 cm³/mol. The molecule has 11 heteroatoms. The monoisotopic (exact) mass is 462 g/mol. The molecule has 0 bridgehead atoms. The normalized spacial score (nSPS) is 16.5. The first-order chi connectivity index (χ1) is 16.5. The molecule has 8 nitrogen and oxygen atoms in total. The van der Waals surface area contributed by atoms with Gasteiger partial charge in [-0.15, -0.1) is 0 Å². The molecule has 34 heavy (non-hydrogen) atoms. The average Bonchev–Trinajstić information content (AvgIpc) is 3.60. The Kier molecular flexibility index (Phi) is 5.38. The number of halogens is 3. The molecule has 0 radical (unpaired) electrons. The summed E-state index contributed by atoms with van der Waals surface area (Å²) in [6.45, 7) is 0.584. The lowest BCUT2D eigenvalue weighted by Crippen LogP contribution is -2.26. The summed E-state index contributed by atoms with van der Waals surface area (Å²) in [5, 5.41) is 24.0. The zero-order chi connectivity index (χ0) is 23.8. The van der Waals surface area contributed by atoms with Crippen LogP contribution in [-0.4, -0.2) is 37.8 Å². The van der Waals surface area contributed by atoms with Crippen molar-refractivity contribution in [1.82, 2.24) is 24.7 Å². The maximum atomic E-state index is 14.5. The molecular weight excluding hydrogens is 445 g/mol. The van der Waals surface area contributed by atoms with Crippen molar-refractivity contribution < 1.29 is 13.2 Å². The minimum atomic E-state index is -1.40. The lowest BCUT2D eigenvalue weighted by molar-refractivity contribution is 0.332. The molecule has 0 saturated carbocycles. The van der Waals surface area contributed by atoms with Gasteiger partial charge in [0.15, 0.2) is 17.5 Å². The van der Waals surface area contributed by atoms with Gasteiger partial charge < -0.3 is 9.88 Å². The molecule has 1 aliphatic rings. The van der Waals surface area contributed by atoms with Crippen molar-refractivity contribution in [3.8, 4) is 23.4 Å². The number of aromatic amines is 1. The fraction of sp³-hybridized carbons (Fsp3) is 0.261. The SMILES string of the molecule is N#CC[C@@H]([C@H]1CCN(c2c(F)cc(F)c(F)c2C#N)C1)n1cc(-c2ncnc3[nH]ccc23)cn1. The predicted octanol–water partition coefficient (Wildman–Crippen LogP) is 4.09. The molecule has 3 aromatic heterocycles. The topological polar surface area (TPSA) is 110 Å². The van der Waals surface area contributed by atoms with Gasteiger partial charge in [0.05, 0.1) is 36.1 Å². The smallest absolute Gasteiger partial charge is 0.178 e. The largest absolute Gasteiger partial charge is 0.368 e. The van der Waals surface area contributed by atoms with Crippen molar-refractivity contribution in [2.75, 3.05) is 18.0 Å². The van der Waals surface area contributed by atoms with Crippen molar-refractivity contribution in [2.45, 2.75) is 18.9 Å². The number of nitriles is 2. The van der Waals surface area contributed by atoms with Crippen molar-refractivity contribution in [3.63, 3.8) is 0 Å². The fourth-order valence-electron chi connectivity index (χ4n) is 4.62. The molecule has 2 atom stereocenters. The first-order valence-electron chi connectivity index (χ1n) is 10.5. The number of hydrogen-bond donors (Lipinski definition) is 1. The second-order valence-corrected chi connectivity index (χ2v) is 8.09. The molecule has 4 heterocycles. The van der Waals surface area contributed by atoms with E-state index in [2.05, 4.69) is 26.1 Å². The van der Waals surface area contributed by atoms with Crippen LogP contribution in [0.25, 0.3) is 22.3 Å². The summed E-state index contributed by atoms with van der Waals surface area (Å²) in [5.41, 5.74) is 1.24. The van der Waals surface area contributed by atoms with Crippen LogP contribution in [0.1, 0.15) is 24.4 Å². The van der Waals surface area contributed by atoms with Crippen LogP contribution in [0.4, 0.5) is 18.9 Å². The van der Waals surface area contributed by atoms with E-state index in [4.69, 9.17) is 0 Å². The van der Waals surface area contributed by atoms with E-state index in [0.717, 1.165) is 10.9 Å². The Labute approximate surface area is 191 Å². The number of aromatic nitrogens is 5. The molecule has 5 rings (SSSR count). The molecule has 0 spiro atoms. The second-order valence-electron chi connectivity index (χ2n) is 8.09. The Morgan fingerprint density at radius 3 is 2.85 bits per heavy atom. The van der Waals surface area contributed by atoms with Gasteiger partial charge in [0.2, 0.25) is 0 Å². The van der Waals surface area contributed by atoms with Gasteiger partial charge in [-0.25, -0.2) is 23.1 Å². The lowest BCUT2D eigenvalue weighted by atomic mass is 9.96. The highest BCUT2D eigenvalue weighted by atomic mass is 19.2. The molecule has 170 valence electrons. The number of benzene rings is 1. The number of fused-ring (bicyclic) bond motifs is 1. The van der Waals surface area contributed by atoms with Crippen molar-refractivity contribution >= 4 is 16.7 Å². The summed E-state index contributed by atoms with van der Waals surface area (Å²) in [7, 11) is 0. The zero-order valence-electron chi connectivity index (χ0n) is 17.7. The quantitative estimate of drug-likeness (QED) is 0.447. The van der Waals surface area contributed by atoms with Crippen molar-refractivity contribution in [2.24, 2.45) is 5.92 Å². The zero-order valence-corrected chi connectivity index (χ0v) is 17.7. The number of anilines is 1. The van der Waals surface area contributed by atoms with E-state index in [-0.39, 0.29) is 30.6 Å². The summed E-state index contributed by atoms with van der Waals surface area (Å²) < 4.78 is 44.0. The molecule has 0 amide bonds. The van der Waals surface area contributed by atoms with Crippen LogP contribution in [0.3, 0.4) is 0 Å². The van der Waals surface area contributed by atoms with Gasteiger partial charge in [-0.1, -0.05) is 0 Å². The van der Waals surface area contributed by atoms with E-state index >= 15 is 0 Å². The van der Waals surface area contributed by atoms with Crippen LogP contribution in [0, 0.1) is 46.0 Å². The number of nitrogens with zero attached hydrogens (tertiary/aromatic N) is 7. The van der Waals surface area contributed by atoms with Crippen LogP contribution >= 0.6 is 0 Å². The molecule has 1 aromatic carbocycles. The van der Waals surface area contributed by atoms with Crippen LogP contribution in [-0.2, 0) is 0 Å². The van der Waals surface area contributed by atoms with Crippen LogP contribution in [0.5, 0.6) is 0 Å². The number of nitrogens with one attached hydrogen (secondary N) is 1. The van der Waals surface area contributed by atoms with Crippen molar-refractivity contribution in [1.29, 1.82) is 10.5 Å². The third-order valence-corrected chi connectivity index (χ3v) is 6.21. The molecule has 0 aliphatic carbocycles. The standard InChI is InChI=1S/C23H17F3N8/c24-17-7-18(25)22(16(8-28)20(17)26)33-6-3-13(10-33)19(1-4-27)34-11-14(9-32-34)21-15-2-5-29-23(15)31-12-30-21/h2,5,7,9,11-13,19H,1,3,6,10H2,(H,29,30,31)/t13-,19-/m0/s1. The Hall–Kier alpha value is -4.38. The van der Waals surface area contributed by atoms with Gasteiger partial charge in [0.25, 0.3) is 0 Å². The summed E-state index contributed by atoms with van der Waals surface area (Å²) in [4.78, 5) is 13.1. The summed E-state index contributed by atoms with van der Waals surface area (Å²) in [5.74, 6) is -3.90. The molecule has 0 unspecified atom stereocenters. The van der Waals surface area contributed by atoms with Crippen molar-refractivity contribution in [3.05, 3.63) is 60.1 Å². The molecular formula is C23H17F3N8. The molecule has 1 N–H and O–H groups in total. The highest BCUT2D eigenvalue weighted by Crippen LogP contribution is 2.37. The van der Waals surface area contributed by atoms with Gasteiger partial charge in [0, 0.05) is 48.4 Å². The maximum absolute atomic E-state index is 14.5. The highest BCUT2D eigenvalue weighted by molar-refractivity contribution is 5.89. The van der Waals surface area contributed by atoms with Gasteiger partial charge >= 0.3 is 0 Å². The minimum Gasteiger partial charge on any atom is -0.368 e. The summed E-state index contributed by atoms with van der Waals surface area (Å²) in [6.07, 6.45) is 7.39. The Bertz CT molecular complexity index is 1460. The Balaban J connectivity index is 1.44. The second kappa shape index (κ2) is 8.52. The molecule has 1 saturated heterocycles. The van der Waals surface area contributed by atoms with Gasteiger partial charge in [-0.2, -0.15) is 15.6 Å². The maximum Gasteiger partial charge on any atom is 0.178 e. The minimum absolute atomic E-state index is 0.135. The lowest BCUT2D eigenvalue weighted by Gasteiger charge is -2.24. The number of rotatable bonds is 5. The van der Waals surface area contributed by atoms with E-state index in [1.807, 2.05) is 6.07 Å². The fourth-order valence-corrected chi connectivity index (χ4v) is 4.62. The van der Waals surface area contributed by atoms with E-state index in [0.29, 0.717) is 30.4 Å². The molecule has 4 aromatic rings. The highest BCUT2D eigenvalue weighted by Gasteiger charge is 2.34. The first-order valence-corrected chi connectivity index (χ1v) is 10.5. The van der Waals surface area contributed by atoms with E-state index in [1.165, 1.54) is 11.2 Å². The summed E-state index contributed by atoms with van der Waals surface area (Å²) >= 11 is 0. The number of hydrogen-bond acceptors (Lipinski definition) is 6. The third kappa shape index (κ3) is 3.52. The third-order valence-electron chi connectivity index (χ3n) is 6.21. The summed E-state index contributed by atoms with van der Waals surface area (Å²) in [6, 6.07) is 5.73. The van der Waals surface area contributed by atoms with Gasteiger partial charge in [-0.05, 0) is 12.5 Å². The Morgan fingerprint density at radius 2 is 2.06 bits per heavy atom. The van der Waals surface area contributed by atoms with E-state index in [1.54, 1.807) is 29.3 Å². The average molecular weight is 462 g/mol. The van der Waals surface area contributed by atoms with Gasteiger partial charge in [0.1, 0.15) is 23.6 Å². The number of H-pyrrole nitrogens is 1. The van der Waals surface area contributed by atoms with E-state index < -0.39 is 23.0 Å². The van der Waals surface area contributed by atoms with Crippen LogP contribution in [0.15, 0.2) is 37.1 Å². The molecule has 1 fully saturated rings. The molecule has 1 aliphatic heterocycles. The van der Waals surface area contributed by atoms with Crippen LogP contribution < -0.4 is 4.90 Å². The van der Waals surface area contributed by atoms with Gasteiger partial charge in [-0.3, -0.25) is 4.68 Å².